The molecule has 3 nitrogen and oxygen atoms in total. The Balaban J connectivity index is 2.30. The lowest BCUT2D eigenvalue weighted by Crippen LogP contribution is -2.14. The van der Waals surface area contributed by atoms with Gasteiger partial charge in [0, 0.05) is 30.6 Å². The van der Waals surface area contributed by atoms with E-state index in [4.69, 9.17) is 0 Å². The maximum Gasteiger partial charge on any atom is 0.257 e. The van der Waals surface area contributed by atoms with Crippen LogP contribution in [0, 0.1) is 24.4 Å². The topological polar surface area (TPSA) is 41.1 Å². The van der Waals surface area contributed by atoms with Crippen molar-refractivity contribution in [3.05, 3.63) is 58.9 Å². The highest BCUT2D eigenvalue weighted by Crippen LogP contribution is 2.21. The van der Waals surface area contributed by atoms with Crippen LogP contribution in [0.5, 0.6) is 0 Å². The Hall–Kier alpha value is -2.50. The highest BCUT2D eigenvalue weighted by atomic mass is 19.2. The molecule has 110 valence electrons. The van der Waals surface area contributed by atoms with Crippen molar-refractivity contribution in [1.29, 1.82) is 0 Å². The monoisotopic (exact) mass is 294 g/mol. The van der Waals surface area contributed by atoms with E-state index < -0.39 is 23.4 Å². The van der Waals surface area contributed by atoms with E-state index in [2.05, 4.69) is 10.6 Å². The molecule has 2 aromatic rings. The molecule has 0 saturated heterocycles. The fourth-order valence-corrected chi connectivity index (χ4v) is 1.89. The summed E-state index contributed by atoms with van der Waals surface area (Å²) in [6.45, 7) is 1.87. The van der Waals surface area contributed by atoms with Crippen LogP contribution in [0.25, 0.3) is 0 Å². The van der Waals surface area contributed by atoms with Crippen LogP contribution in [0.2, 0.25) is 0 Å². The van der Waals surface area contributed by atoms with Crippen molar-refractivity contribution in [3.8, 4) is 0 Å². The van der Waals surface area contributed by atoms with Crippen LogP contribution in [0.3, 0.4) is 0 Å². The standard InChI is InChI=1S/C15H13F3N2O/c1-8-3-4-10(13(5-8)19-2)15(21)20-9-6-11(16)14(18)12(17)7-9/h3-7,19H,1-2H3,(H,20,21). The van der Waals surface area contributed by atoms with E-state index in [0.29, 0.717) is 11.3 Å². The van der Waals surface area contributed by atoms with E-state index >= 15 is 0 Å². The minimum Gasteiger partial charge on any atom is -0.387 e. The Labute approximate surface area is 119 Å². The molecular formula is C15H13F3N2O. The fourth-order valence-electron chi connectivity index (χ4n) is 1.89. The highest BCUT2D eigenvalue weighted by Gasteiger charge is 2.15. The first-order chi connectivity index (χ1) is 9.92. The van der Waals surface area contributed by atoms with E-state index in [0.717, 1.165) is 17.7 Å². The second kappa shape index (κ2) is 5.87. The number of rotatable bonds is 3. The Kier molecular flexibility index (Phi) is 4.16. The number of benzene rings is 2. The van der Waals surface area contributed by atoms with Gasteiger partial charge in [-0.25, -0.2) is 13.2 Å². The smallest absolute Gasteiger partial charge is 0.257 e. The van der Waals surface area contributed by atoms with Crippen molar-refractivity contribution in [2.24, 2.45) is 0 Å². The third-order valence-corrected chi connectivity index (χ3v) is 2.93. The molecule has 0 bridgehead atoms. The first kappa shape index (κ1) is 14.9. The summed E-state index contributed by atoms with van der Waals surface area (Å²) in [5.41, 5.74) is 1.69. The summed E-state index contributed by atoms with van der Waals surface area (Å²) in [5, 5.41) is 5.20. The minimum absolute atomic E-state index is 0.154. The zero-order chi connectivity index (χ0) is 15.6. The van der Waals surface area contributed by atoms with E-state index in [1.54, 1.807) is 25.2 Å². The van der Waals surface area contributed by atoms with Gasteiger partial charge in [-0.1, -0.05) is 6.07 Å². The van der Waals surface area contributed by atoms with Gasteiger partial charge in [0.05, 0.1) is 5.56 Å². The number of aryl methyl sites for hydroxylation is 1. The van der Waals surface area contributed by atoms with Crippen molar-refractivity contribution < 1.29 is 18.0 Å². The Morgan fingerprint density at radius 3 is 2.24 bits per heavy atom. The van der Waals surface area contributed by atoms with Crippen molar-refractivity contribution in [1.82, 2.24) is 0 Å². The van der Waals surface area contributed by atoms with Gasteiger partial charge < -0.3 is 10.6 Å². The van der Waals surface area contributed by atoms with Gasteiger partial charge in [-0.2, -0.15) is 0 Å². The third kappa shape index (κ3) is 3.16. The number of hydrogen-bond acceptors (Lipinski definition) is 2. The predicted molar refractivity (Wildman–Crippen MR) is 75.0 cm³/mol. The molecular weight excluding hydrogens is 281 g/mol. The van der Waals surface area contributed by atoms with E-state index in [1.807, 2.05) is 6.92 Å². The average molecular weight is 294 g/mol. The zero-order valence-corrected chi connectivity index (χ0v) is 11.4. The molecule has 0 aromatic heterocycles. The molecule has 0 radical (unpaired) electrons. The maximum atomic E-state index is 13.1. The summed E-state index contributed by atoms with van der Waals surface area (Å²) < 4.78 is 39.1. The number of nitrogens with one attached hydrogen (secondary N) is 2. The summed E-state index contributed by atoms with van der Waals surface area (Å²) in [6, 6.07) is 6.54. The summed E-state index contributed by atoms with van der Waals surface area (Å²) in [7, 11) is 1.66. The molecule has 6 heteroatoms. The van der Waals surface area contributed by atoms with Gasteiger partial charge in [-0.15, -0.1) is 0 Å². The Morgan fingerprint density at radius 1 is 1.05 bits per heavy atom. The molecule has 2 rings (SSSR count). The number of amides is 1. The predicted octanol–water partition coefficient (Wildman–Crippen LogP) is 3.71. The Morgan fingerprint density at radius 2 is 1.67 bits per heavy atom. The van der Waals surface area contributed by atoms with Crippen molar-refractivity contribution >= 4 is 17.3 Å². The van der Waals surface area contributed by atoms with E-state index in [-0.39, 0.29) is 5.69 Å². The van der Waals surface area contributed by atoms with Crippen LogP contribution in [-0.4, -0.2) is 13.0 Å². The summed E-state index contributed by atoms with van der Waals surface area (Å²) >= 11 is 0. The maximum absolute atomic E-state index is 13.1. The molecule has 2 N–H and O–H groups in total. The molecule has 0 aliphatic rings. The van der Waals surface area contributed by atoms with Gasteiger partial charge in [-0.05, 0) is 24.6 Å². The highest BCUT2D eigenvalue weighted by molar-refractivity contribution is 6.08. The molecule has 0 unspecified atom stereocenters. The summed E-state index contributed by atoms with van der Waals surface area (Å²) in [4.78, 5) is 12.1. The van der Waals surface area contributed by atoms with Crippen LogP contribution in [0.4, 0.5) is 24.5 Å². The van der Waals surface area contributed by atoms with E-state index in [9.17, 15) is 18.0 Å². The lowest BCUT2D eigenvalue weighted by atomic mass is 10.1. The minimum atomic E-state index is -1.57. The normalized spacial score (nSPS) is 10.3. The number of anilines is 2. The zero-order valence-electron chi connectivity index (χ0n) is 11.4. The SMILES string of the molecule is CNc1cc(C)ccc1C(=O)Nc1cc(F)c(F)c(F)c1. The van der Waals surface area contributed by atoms with Gasteiger partial charge >= 0.3 is 0 Å². The molecule has 0 spiro atoms. The number of hydrogen-bond donors (Lipinski definition) is 2. The first-order valence-electron chi connectivity index (χ1n) is 6.16. The van der Waals surface area contributed by atoms with Crippen LogP contribution in [0.1, 0.15) is 15.9 Å². The lowest BCUT2D eigenvalue weighted by Gasteiger charge is -2.11. The molecule has 0 saturated carbocycles. The largest absolute Gasteiger partial charge is 0.387 e. The molecule has 1 amide bonds. The average Bonchev–Trinajstić information content (AvgIpc) is 2.44. The van der Waals surface area contributed by atoms with Gasteiger partial charge in [0.25, 0.3) is 5.91 Å². The van der Waals surface area contributed by atoms with Crippen LogP contribution in [0.15, 0.2) is 30.3 Å². The number of halogens is 3. The molecule has 0 fully saturated rings. The van der Waals surface area contributed by atoms with Gasteiger partial charge in [-0.3, -0.25) is 4.79 Å². The lowest BCUT2D eigenvalue weighted by molar-refractivity contribution is 0.102. The summed E-state index contributed by atoms with van der Waals surface area (Å²) in [5.74, 6) is -4.84. The van der Waals surface area contributed by atoms with Crippen molar-refractivity contribution in [2.75, 3.05) is 17.7 Å². The molecule has 0 atom stereocenters. The Bertz CT molecular complexity index is 678. The van der Waals surface area contributed by atoms with Crippen LogP contribution in [-0.2, 0) is 0 Å². The quantitative estimate of drug-likeness (QED) is 0.847. The second-order valence-corrected chi connectivity index (χ2v) is 4.51. The van der Waals surface area contributed by atoms with Crippen molar-refractivity contribution in [2.45, 2.75) is 6.92 Å². The van der Waals surface area contributed by atoms with Crippen LogP contribution < -0.4 is 10.6 Å². The van der Waals surface area contributed by atoms with E-state index in [1.165, 1.54) is 0 Å². The van der Waals surface area contributed by atoms with Crippen LogP contribution >= 0.6 is 0 Å². The number of carbonyl (C=O) groups is 1. The summed E-state index contributed by atoms with van der Waals surface area (Å²) in [6.07, 6.45) is 0. The fraction of sp³-hybridized carbons (Fsp3) is 0.133. The molecule has 0 heterocycles. The molecule has 0 aliphatic heterocycles. The van der Waals surface area contributed by atoms with Gasteiger partial charge in [0.2, 0.25) is 0 Å². The first-order valence-corrected chi connectivity index (χ1v) is 6.16. The second-order valence-electron chi connectivity index (χ2n) is 4.51. The van der Waals surface area contributed by atoms with Gasteiger partial charge in [0.1, 0.15) is 0 Å². The van der Waals surface area contributed by atoms with Gasteiger partial charge in [0.15, 0.2) is 17.5 Å². The number of carbonyl (C=O) groups excluding carboxylic acids is 1. The molecule has 21 heavy (non-hydrogen) atoms. The molecule has 2 aromatic carbocycles. The third-order valence-electron chi connectivity index (χ3n) is 2.93. The van der Waals surface area contributed by atoms with Crippen molar-refractivity contribution in [3.63, 3.8) is 0 Å². The molecule has 0 aliphatic carbocycles.